The van der Waals surface area contributed by atoms with Gasteiger partial charge in [-0.2, -0.15) is 0 Å². The number of benzene rings is 2. The summed E-state index contributed by atoms with van der Waals surface area (Å²) >= 11 is 0. The first-order valence-corrected chi connectivity index (χ1v) is 6.14. The maximum atomic E-state index is 9.15. The number of rotatable bonds is 4. The van der Waals surface area contributed by atoms with Crippen molar-refractivity contribution in [2.24, 2.45) is 0 Å². The normalized spacial score (nSPS) is 10.6. The molecule has 0 amide bonds. The Labute approximate surface area is 112 Å². The van der Waals surface area contributed by atoms with Gasteiger partial charge in [-0.15, -0.1) is 0 Å². The minimum absolute atomic E-state index is 0.0167. The molecule has 0 spiro atoms. The van der Waals surface area contributed by atoms with Crippen LogP contribution in [0, 0.1) is 0 Å². The van der Waals surface area contributed by atoms with E-state index in [4.69, 9.17) is 21.7 Å². The van der Waals surface area contributed by atoms with Gasteiger partial charge in [0.05, 0.1) is 6.61 Å². The first-order valence-electron chi connectivity index (χ1n) is 6.14. The Balaban J connectivity index is 2.52. The van der Waals surface area contributed by atoms with Crippen LogP contribution in [-0.4, -0.2) is 16.8 Å². The van der Waals surface area contributed by atoms with Crippen molar-refractivity contribution < 1.29 is 10.2 Å². The molecular weight excluding hydrogens is 240 g/mol. The van der Waals surface area contributed by atoms with Crippen LogP contribution < -0.4 is 11.5 Å². The SMILES string of the molecule is Nc1cc(N)c(CCO)c(-c2ccc(CO)cc2)c1. The Morgan fingerprint density at radius 3 is 2.21 bits per heavy atom. The molecule has 0 saturated carbocycles. The van der Waals surface area contributed by atoms with Crippen molar-refractivity contribution in [2.45, 2.75) is 13.0 Å². The molecule has 0 aliphatic rings. The van der Waals surface area contributed by atoms with E-state index >= 15 is 0 Å². The van der Waals surface area contributed by atoms with Crippen molar-refractivity contribution in [3.8, 4) is 11.1 Å². The minimum atomic E-state index is 0.0167. The van der Waals surface area contributed by atoms with Crippen LogP contribution >= 0.6 is 0 Å². The van der Waals surface area contributed by atoms with Crippen molar-refractivity contribution in [1.82, 2.24) is 0 Å². The second-order valence-corrected chi connectivity index (χ2v) is 4.46. The number of nitrogen functional groups attached to an aromatic ring is 2. The van der Waals surface area contributed by atoms with E-state index in [2.05, 4.69) is 0 Å². The summed E-state index contributed by atoms with van der Waals surface area (Å²) in [7, 11) is 0. The lowest BCUT2D eigenvalue weighted by molar-refractivity contribution is 0.282. The zero-order valence-electron chi connectivity index (χ0n) is 10.6. The number of hydrogen-bond acceptors (Lipinski definition) is 4. The van der Waals surface area contributed by atoms with Gasteiger partial charge in [-0.1, -0.05) is 24.3 Å². The Morgan fingerprint density at radius 2 is 1.63 bits per heavy atom. The molecule has 0 aliphatic carbocycles. The van der Waals surface area contributed by atoms with Crippen molar-refractivity contribution in [2.75, 3.05) is 18.1 Å². The third kappa shape index (κ3) is 2.86. The fraction of sp³-hybridized carbons (Fsp3) is 0.200. The summed E-state index contributed by atoms with van der Waals surface area (Å²) in [4.78, 5) is 0. The predicted octanol–water partition coefficient (Wildman–Crippen LogP) is 1.55. The number of anilines is 2. The van der Waals surface area contributed by atoms with Gasteiger partial charge in [-0.25, -0.2) is 0 Å². The third-order valence-electron chi connectivity index (χ3n) is 3.12. The zero-order chi connectivity index (χ0) is 13.8. The lowest BCUT2D eigenvalue weighted by atomic mass is 9.95. The van der Waals surface area contributed by atoms with Crippen molar-refractivity contribution in [1.29, 1.82) is 0 Å². The average molecular weight is 258 g/mol. The second kappa shape index (κ2) is 5.73. The molecule has 0 atom stereocenters. The molecule has 0 aromatic heterocycles. The molecule has 19 heavy (non-hydrogen) atoms. The fourth-order valence-electron chi connectivity index (χ4n) is 2.16. The minimum Gasteiger partial charge on any atom is -0.399 e. The topological polar surface area (TPSA) is 92.5 Å². The molecule has 0 unspecified atom stereocenters. The lowest BCUT2D eigenvalue weighted by Crippen LogP contribution is -2.02. The number of nitrogens with two attached hydrogens (primary N) is 2. The van der Waals surface area contributed by atoms with Crippen LogP contribution in [0.2, 0.25) is 0 Å². The van der Waals surface area contributed by atoms with E-state index < -0.39 is 0 Å². The van der Waals surface area contributed by atoms with Gasteiger partial charge >= 0.3 is 0 Å². The molecule has 2 aromatic rings. The van der Waals surface area contributed by atoms with Crippen LogP contribution in [0.1, 0.15) is 11.1 Å². The largest absolute Gasteiger partial charge is 0.399 e. The molecule has 6 N–H and O–H groups in total. The van der Waals surface area contributed by atoms with Gasteiger partial charge in [-0.3, -0.25) is 0 Å². The quantitative estimate of drug-likeness (QED) is 0.626. The average Bonchev–Trinajstić information content (AvgIpc) is 2.42. The number of aliphatic hydroxyl groups excluding tert-OH is 2. The van der Waals surface area contributed by atoms with Crippen molar-refractivity contribution in [3.63, 3.8) is 0 Å². The van der Waals surface area contributed by atoms with Crippen LogP contribution in [0.15, 0.2) is 36.4 Å². The molecule has 2 aromatic carbocycles. The van der Waals surface area contributed by atoms with Crippen LogP contribution in [-0.2, 0) is 13.0 Å². The monoisotopic (exact) mass is 258 g/mol. The fourth-order valence-corrected chi connectivity index (χ4v) is 2.16. The van der Waals surface area contributed by atoms with Crippen LogP contribution in [0.3, 0.4) is 0 Å². The van der Waals surface area contributed by atoms with Crippen LogP contribution in [0.25, 0.3) is 11.1 Å². The summed E-state index contributed by atoms with van der Waals surface area (Å²) in [6, 6.07) is 11.1. The van der Waals surface area contributed by atoms with E-state index in [1.165, 1.54) is 0 Å². The Morgan fingerprint density at radius 1 is 0.947 bits per heavy atom. The Kier molecular flexibility index (Phi) is 4.04. The van der Waals surface area contributed by atoms with E-state index in [1.807, 2.05) is 30.3 Å². The van der Waals surface area contributed by atoms with Gasteiger partial charge in [-0.05, 0) is 40.8 Å². The molecular formula is C15H18N2O2. The van der Waals surface area contributed by atoms with Crippen molar-refractivity contribution >= 4 is 11.4 Å². The molecule has 0 heterocycles. The molecule has 2 rings (SSSR count). The van der Waals surface area contributed by atoms with Crippen molar-refractivity contribution in [3.05, 3.63) is 47.5 Å². The standard InChI is InChI=1S/C15H18N2O2/c16-12-7-14(13(5-6-18)15(17)8-12)11-3-1-10(9-19)2-4-11/h1-4,7-8,18-19H,5-6,9,16-17H2. The van der Waals surface area contributed by atoms with E-state index in [9.17, 15) is 0 Å². The maximum Gasteiger partial charge on any atom is 0.0681 e. The van der Waals surface area contributed by atoms with Gasteiger partial charge in [0.1, 0.15) is 0 Å². The number of aliphatic hydroxyl groups is 2. The van der Waals surface area contributed by atoms with Gasteiger partial charge in [0.15, 0.2) is 0 Å². The molecule has 100 valence electrons. The van der Waals surface area contributed by atoms with E-state index in [1.54, 1.807) is 6.07 Å². The second-order valence-electron chi connectivity index (χ2n) is 4.46. The first kappa shape index (κ1) is 13.4. The summed E-state index contributed by atoms with van der Waals surface area (Å²) in [6.45, 7) is 0.0543. The highest BCUT2D eigenvalue weighted by Gasteiger charge is 2.10. The summed E-state index contributed by atoms with van der Waals surface area (Å²) < 4.78 is 0. The van der Waals surface area contributed by atoms with Gasteiger partial charge in [0.25, 0.3) is 0 Å². The summed E-state index contributed by atoms with van der Waals surface area (Å²) in [6.07, 6.45) is 0.489. The third-order valence-corrected chi connectivity index (χ3v) is 3.12. The van der Waals surface area contributed by atoms with Crippen LogP contribution in [0.4, 0.5) is 11.4 Å². The predicted molar refractivity (Wildman–Crippen MR) is 77.4 cm³/mol. The van der Waals surface area contributed by atoms with Gasteiger partial charge in [0, 0.05) is 18.0 Å². The summed E-state index contributed by atoms with van der Waals surface area (Å²) in [5.41, 5.74) is 16.6. The van der Waals surface area contributed by atoms with E-state index in [0.717, 1.165) is 22.3 Å². The molecule has 0 radical (unpaired) electrons. The molecule has 4 heteroatoms. The number of hydrogen-bond donors (Lipinski definition) is 4. The van der Waals surface area contributed by atoms with Gasteiger partial charge < -0.3 is 21.7 Å². The lowest BCUT2D eigenvalue weighted by Gasteiger charge is -2.13. The zero-order valence-corrected chi connectivity index (χ0v) is 10.6. The molecule has 0 saturated heterocycles. The summed E-state index contributed by atoms with van der Waals surface area (Å²) in [5.74, 6) is 0. The molecule has 0 fully saturated rings. The van der Waals surface area contributed by atoms with Crippen LogP contribution in [0.5, 0.6) is 0 Å². The highest BCUT2D eigenvalue weighted by molar-refractivity contribution is 5.77. The molecule has 0 aliphatic heterocycles. The first-order chi connectivity index (χ1) is 9.15. The maximum absolute atomic E-state index is 9.15. The van der Waals surface area contributed by atoms with E-state index in [0.29, 0.717) is 17.8 Å². The highest BCUT2D eigenvalue weighted by Crippen LogP contribution is 2.31. The Hall–Kier alpha value is -2.04. The van der Waals surface area contributed by atoms with Gasteiger partial charge in [0.2, 0.25) is 0 Å². The molecule has 0 bridgehead atoms. The smallest absolute Gasteiger partial charge is 0.0681 e. The summed E-state index contributed by atoms with van der Waals surface area (Å²) in [5, 5.41) is 18.2. The Bertz CT molecular complexity index is 565. The highest BCUT2D eigenvalue weighted by atomic mass is 16.3. The molecule has 4 nitrogen and oxygen atoms in total. The van der Waals surface area contributed by atoms with E-state index in [-0.39, 0.29) is 13.2 Å².